The molecule has 7 heteroatoms. The van der Waals surface area contributed by atoms with Crippen LogP contribution in [0.4, 0.5) is 11.4 Å². The number of aliphatic hydroxyl groups excluding tert-OH is 1. The Morgan fingerprint density at radius 3 is 2.79 bits per heavy atom. The third-order valence-electron chi connectivity index (χ3n) is 2.74. The van der Waals surface area contributed by atoms with Gasteiger partial charge in [0.25, 0.3) is 5.69 Å². The lowest BCUT2D eigenvalue weighted by Gasteiger charge is -2.10. The van der Waals surface area contributed by atoms with Crippen LogP contribution in [0.1, 0.15) is 30.1 Å². The van der Waals surface area contributed by atoms with Gasteiger partial charge in [0, 0.05) is 18.2 Å². The zero-order chi connectivity index (χ0) is 14.4. The predicted molar refractivity (Wildman–Crippen MR) is 71.0 cm³/mol. The van der Waals surface area contributed by atoms with Crippen LogP contribution in [-0.2, 0) is 0 Å². The number of nitro groups is 1. The molecule has 0 saturated carbocycles. The number of amides is 1. The molecule has 0 aromatic heterocycles. The standard InChI is InChI=1S/C12H17N3O4/c1-2-9(16)5-6-14-10-4-3-8(12(13)17)7-11(10)15(18)19/h3-4,7,9,14,16H,2,5-6H2,1H3,(H2,13,17). The van der Waals surface area contributed by atoms with Gasteiger partial charge in [0.1, 0.15) is 5.69 Å². The minimum atomic E-state index is -0.712. The average Bonchev–Trinajstić information content (AvgIpc) is 2.38. The van der Waals surface area contributed by atoms with Gasteiger partial charge in [-0.15, -0.1) is 0 Å². The average molecular weight is 267 g/mol. The summed E-state index contributed by atoms with van der Waals surface area (Å²) < 4.78 is 0. The zero-order valence-electron chi connectivity index (χ0n) is 10.6. The topological polar surface area (TPSA) is 118 Å². The summed E-state index contributed by atoms with van der Waals surface area (Å²) >= 11 is 0. The lowest BCUT2D eigenvalue weighted by Crippen LogP contribution is -2.14. The van der Waals surface area contributed by atoms with Crippen molar-refractivity contribution < 1.29 is 14.8 Å². The fourth-order valence-electron chi connectivity index (χ4n) is 1.56. The molecular weight excluding hydrogens is 250 g/mol. The van der Waals surface area contributed by atoms with E-state index in [1.54, 1.807) is 0 Å². The fourth-order valence-corrected chi connectivity index (χ4v) is 1.56. The van der Waals surface area contributed by atoms with E-state index in [2.05, 4.69) is 5.32 Å². The number of nitro benzene ring substituents is 1. The van der Waals surface area contributed by atoms with Gasteiger partial charge in [0.05, 0.1) is 11.0 Å². The van der Waals surface area contributed by atoms with Gasteiger partial charge < -0.3 is 16.2 Å². The molecule has 0 fully saturated rings. The highest BCUT2D eigenvalue weighted by Gasteiger charge is 2.16. The Morgan fingerprint density at radius 2 is 2.26 bits per heavy atom. The number of hydrogen-bond donors (Lipinski definition) is 3. The van der Waals surface area contributed by atoms with Crippen molar-refractivity contribution in [3.8, 4) is 0 Å². The number of nitrogens with one attached hydrogen (secondary N) is 1. The molecule has 104 valence electrons. The minimum absolute atomic E-state index is 0.0887. The molecule has 1 aromatic rings. The Morgan fingerprint density at radius 1 is 1.58 bits per heavy atom. The largest absolute Gasteiger partial charge is 0.393 e. The van der Waals surface area contributed by atoms with E-state index >= 15 is 0 Å². The second-order valence-corrected chi connectivity index (χ2v) is 4.13. The number of nitrogens with two attached hydrogens (primary N) is 1. The van der Waals surface area contributed by atoms with Crippen molar-refractivity contribution in [2.75, 3.05) is 11.9 Å². The van der Waals surface area contributed by atoms with Crippen molar-refractivity contribution in [2.45, 2.75) is 25.9 Å². The summed E-state index contributed by atoms with van der Waals surface area (Å²) in [7, 11) is 0. The number of carbonyl (C=O) groups excluding carboxylic acids is 1. The van der Waals surface area contributed by atoms with Gasteiger partial charge in [-0.1, -0.05) is 6.92 Å². The van der Waals surface area contributed by atoms with E-state index in [0.717, 1.165) is 6.07 Å². The lowest BCUT2D eigenvalue weighted by atomic mass is 10.1. The molecule has 1 unspecified atom stereocenters. The molecule has 1 amide bonds. The van der Waals surface area contributed by atoms with Crippen molar-refractivity contribution in [2.24, 2.45) is 5.73 Å². The first-order chi connectivity index (χ1) is 8.95. The molecule has 7 nitrogen and oxygen atoms in total. The number of nitrogens with zero attached hydrogens (tertiary/aromatic N) is 1. The highest BCUT2D eigenvalue weighted by molar-refractivity contribution is 5.94. The van der Waals surface area contributed by atoms with Gasteiger partial charge in [-0.2, -0.15) is 0 Å². The Labute approximate surface area is 110 Å². The molecular formula is C12H17N3O4. The third-order valence-corrected chi connectivity index (χ3v) is 2.74. The fraction of sp³-hybridized carbons (Fsp3) is 0.417. The third kappa shape index (κ3) is 4.22. The van der Waals surface area contributed by atoms with Gasteiger partial charge in [-0.3, -0.25) is 14.9 Å². The van der Waals surface area contributed by atoms with Gasteiger partial charge in [0.2, 0.25) is 5.91 Å². The molecule has 1 atom stereocenters. The molecule has 0 aliphatic rings. The lowest BCUT2D eigenvalue weighted by molar-refractivity contribution is -0.384. The molecule has 0 radical (unpaired) electrons. The van der Waals surface area contributed by atoms with Crippen LogP contribution in [0.25, 0.3) is 0 Å². The maximum Gasteiger partial charge on any atom is 0.293 e. The molecule has 0 spiro atoms. The summed E-state index contributed by atoms with van der Waals surface area (Å²) in [5, 5.41) is 23.2. The number of anilines is 1. The van der Waals surface area contributed by atoms with Gasteiger partial charge >= 0.3 is 0 Å². The smallest absolute Gasteiger partial charge is 0.293 e. The van der Waals surface area contributed by atoms with Crippen LogP contribution in [0, 0.1) is 10.1 Å². The van der Waals surface area contributed by atoms with E-state index in [1.807, 2.05) is 6.92 Å². The molecule has 1 rings (SSSR count). The Balaban J connectivity index is 2.82. The van der Waals surface area contributed by atoms with Crippen LogP contribution in [0.5, 0.6) is 0 Å². The van der Waals surface area contributed by atoms with E-state index in [-0.39, 0.29) is 11.3 Å². The van der Waals surface area contributed by atoms with E-state index < -0.39 is 16.9 Å². The maximum absolute atomic E-state index is 11.0. The van der Waals surface area contributed by atoms with Crippen LogP contribution in [0.2, 0.25) is 0 Å². The number of hydrogen-bond acceptors (Lipinski definition) is 5. The minimum Gasteiger partial charge on any atom is -0.393 e. The highest BCUT2D eigenvalue weighted by Crippen LogP contribution is 2.25. The molecule has 1 aromatic carbocycles. The first-order valence-corrected chi connectivity index (χ1v) is 5.95. The second kappa shape index (κ2) is 6.69. The van der Waals surface area contributed by atoms with Gasteiger partial charge in [0.15, 0.2) is 0 Å². The number of rotatable bonds is 7. The van der Waals surface area contributed by atoms with Crippen molar-refractivity contribution in [1.29, 1.82) is 0 Å². The Hall–Kier alpha value is -2.15. The predicted octanol–water partition coefficient (Wildman–Crippen LogP) is 1.27. The van der Waals surface area contributed by atoms with Crippen molar-refractivity contribution in [3.63, 3.8) is 0 Å². The normalized spacial score (nSPS) is 11.9. The quantitative estimate of drug-likeness (QED) is 0.507. The Bertz CT molecular complexity index is 476. The summed E-state index contributed by atoms with van der Waals surface area (Å²) in [6, 6.07) is 4.01. The van der Waals surface area contributed by atoms with E-state index in [4.69, 9.17) is 5.73 Å². The first-order valence-electron chi connectivity index (χ1n) is 5.95. The molecule has 0 heterocycles. The number of primary amides is 1. The van der Waals surface area contributed by atoms with Gasteiger partial charge in [-0.05, 0) is 25.0 Å². The summed E-state index contributed by atoms with van der Waals surface area (Å²) in [6.45, 7) is 2.26. The van der Waals surface area contributed by atoms with Crippen LogP contribution < -0.4 is 11.1 Å². The summed E-state index contributed by atoms with van der Waals surface area (Å²) in [6.07, 6.45) is 0.687. The van der Waals surface area contributed by atoms with Crippen LogP contribution in [0.15, 0.2) is 18.2 Å². The monoisotopic (exact) mass is 267 g/mol. The summed E-state index contributed by atoms with van der Waals surface area (Å²) in [4.78, 5) is 21.3. The van der Waals surface area contributed by atoms with Crippen molar-refractivity contribution in [3.05, 3.63) is 33.9 Å². The molecule has 0 aliphatic heterocycles. The molecule has 0 saturated heterocycles. The van der Waals surface area contributed by atoms with E-state index in [0.29, 0.717) is 25.1 Å². The second-order valence-electron chi connectivity index (χ2n) is 4.13. The summed E-state index contributed by atoms with van der Waals surface area (Å²) in [5.41, 5.74) is 5.26. The Kier molecular flexibility index (Phi) is 5.25. The number of benzene rings is 1. The van der Waals surface area contributed by atoms with Crippen molar-refractivity contribution in [1.82, 2.24) is 0 Å². The molecule has 4 N–H and O–H groups in total. The van der Waals surface area contributed by atoms with E-state index in [9.17, 15) is 20.0 Å². The molecule has 0 aliphatic carbocycles. The van der Waals surface area contributed by atoms with Crippen LogP contribution in [-0.4, -0.2) is 28.6 Å². The SMILES string of the molecule is CCC(O)CCNc1ccc(C(N)=O)cc1[N+](=O)[O-]. The zero-order valence-corrected chi connectivity index (χ0v) is 10.6. The van der Waals surface area contributed by atoms with Crippen LogP contribution >= 0.6 is 0 Å². The number of carbonyl (C=O) groups is 1. The first kappa shape index (κ1) is 14.9. The van der Waals surface area contributed by atoms with Gasteiger partial charge in [-0.25, -0.2) is 0 Å². The summed E-state index contributed by atoms with van der Waals surface area (Å²) in [5.74, 6) is -0.712. The maximum atomic E-state index is 11.0. The molecule has 19 heavy (non-hydrogen) atoms. The van der Waals surface area contributed by atoms with Crippen molar-refractivity contribution >= 4 is 17.3 Å². The number of aliphatic hydroxyl groups is 1. The van der Waals surface area contributed by atoms with Crippen LogP contribution in [0.3, 0.4) is 0 Å². The molecule has 0 bridgehead atoms. The van der Waals surface area contributed by atoms with E-state index in [1.165, 1.54) is 12.1 Å². The highest BCUT2D eigenvalue weighted by atomic mass is 16.6.